The summed E-state index contributed by atoms with van der Waals surface area (Å²) in [6, 6.07) is 17.5. The number of hydrogen-bond acceptors (Lipinski definition) is 8. The molecule has 2 fully saturated rings. The van der Waals surface area contributed by atoms with Crippen molar-refractivity contribution in [3.63, 3.8) is 0 Å². The van der Waals surface area contributed by atoms with Gasteiger partial charge in [0.15, 0.2) is 9.84 Å². The summed E-state index contributed by atoms with van der Waals surface area (Å²) >= 11 is 0. The Kier molecular flexibility index (Phi) is 6.40. The Morgan fingerprint density at radius 1 is 1.03 bits per heavy atom. The molecule has 1 aliphatic carbocycles. The van der Waals surface area contributed by atoms with Gasteiger partial charge in [0.05, 0.1) is 28.3 Å². The van der Waals surface area contributed by atoms with Crippen LogP contribution >= 0.6 is 0 Å². The summed E-state index contributed by atoms with van der Waals surface area (Å²) < 4.78 is 36.6. The van der Waals surface area contributed by atoms with Crippen LogP contribution in [0.4, 0.5) is 10.5 Å². The van der Waals surface area contributed by atoms with Gasteiger partial charge in [0.25, 0.3) is 0 Å². The number of sulfone groups is 1. The number of benzene rings is 2. The van der Waals surface area contributed by atoms with Crippen LogP contribution < -0.4 is 10.1 Å². The molecule has 0 radical (unpaired) electrons. The lowest BCUT2D eigenvalue weighted by molar-refractivity contribution is 0.104. The molecule has 1 saturated heterocycles. The number of nitrogens with zero attached hydrogens (tertiary/aromatic N) is 4. The van der Waals surface area contributed by atoms with Crippen LogP contribution in [0.15, 0.2) is 60.9 Å². The van der Waals surface area contributed by atoms with Gasteiger partial charge in [-0.15, -0.1) is 0 Å². The molecule has 1 saturated carbocycles. The minimum atomic E-state index is -3.03. The smallest absolute Gasteiger partial charge is 0.411 e. The van der Waals surface area contributed by atoms with E-state index in [4.69, 9.17) is 9.47 Å². The number of aromatic nitrogens is 3. The second-order valence-electron chi connectivity index (χ2n) is 9.71. The maximum atomic E-state index is 12.4. The molecular formula is C28H25N5O5S. The molecule has 0 atom stereocenters. The summed E-state index contributed by atoms with van der Waals surface area (Å²) in [5, 5.41) is 13.7. The molecule has 6 rings (SSSR count). The first-order valence-electron chi connectivity index (χ1n) is 12.7. The van der Waals surface area contributed by atoms with Gasteiger partial charge in [0.2, 0.25) is 0 Å². The highest BCUT2D eigenvalue weighted by Crippen LogP contribution is 2.45. The van der Waals surface area contributed by atoms with Gasteiger partial charge in [0, 0.05) is 35.6 Å². The second kappa shape index (κ2) is 10.0. The van der Waals surface area contributed by atoms with Crippen molar-refractivity contribution in [1.82, 2.24) is 14.5 Å². The average molecular weight is 544 g/mol. The van der Waals surface area contributed by atoms with Crippen LogP contribution in [0.5, 0.6) is 11.8 Å². The van der Waals surface area contributed by atoms with Crippen LogP contribution in [0.1, 0.15) is 37.3 Å². The van der Waals surface area contributed by atoms with Crippen LogP contribution in [-0.2, 0) is 14.6 Å². The van der Waals surface area contributed by atoms with Crippen molar-refractivity contribution in [3.05, 3.63) is 66.5 Å². The van der Waals surface area contributed by atoms with Crippen molar-refractivity contribution in [2.75, 3.05) is 16.8 Å². The molecule has 1 amide bonds. The Balaban J connectivity index is 1.25. The van der Waals surface area contributed by atoms with Gasteiger partial charge in [-0.2, -0.15) is 5.26 Å². The van der Waals surface area contributed by atoms with Crippen molar-refractivity contribution < 1.29 is 22.7 Å². The second-order valence-corrected chi connectivity index (χ2v) is 12.0. The third-order valence-corrected chi connectivity index (χ3v) is 8.65. The lowest BCUT2D eigenvalue weighted by atomic mass is 10.1. The van der Waals surface area contributed by atoms with Gasteiger partial charge >= 0.3 is 12.1 Å². The normalized spacial score (nSPS) is 16.9. The predicted molar refractivity (Wildman–Crippen MR) is 144 cm³/mol. The number of nitrogens with one attached hydrogen (secondary N) is 1. The highest BCUT2D eigenvalue weighted by Gasteiger charge is 2.31. The van der Waals surface area contributed by atoms with Crippen LogP contribution in [0, 0.1) is 11.3 Å². The monoisotopic (exact) mass is 543 g/mol. The van der Waals surface area contributed by atoms with E-state index in [2.05, 4.69) is 25.9 Å². The van der Waals surface area contributed by atoms with Gasteiger partial charge in [-0.25, -0.2) is 23.2 Å². The largest absolute Gasteiger partial charge is 0.446 e. The number of carbonyl (C=O) groups excluding carboxylic acids is 1. The van der Waals surface area contributed by atoms with Gasteiger partial charge < -0.3 is 14.0 Å². The Morgan fingerprint density at radius 3 is 2.41 bits per heavy atom. The summed E-state index contributed by atoms with van der Waals surface area (Å²) in [7, 11) is -3.03. The minimum absolute atomic E-state index is 0.0313. The molecule has 10 nitrogen and oxygen atoms in total. The Bertz CT molecular complexity index is 1680. The number of nitriles is 1. The Labute approximate surface area is 225 Å². The van der Waals surface area contributed by atoms with E-state index >= 15 is 0 Å². The lowest BCUT2D eigenvalue weighted by Crippen LogP contribution is -2.31. The lowest BCUT2D eigenvalue weighted by Gasteiger charge is -2.22. The standard InChI is InChI=1S/C28H25N5O5S/c29-17-24-23-9-8-22(37-27-30-12-1-13-31-27)16-25(23)33(20-6-7-20)26(24)18-2-4-19(5-3-18)32-28(34)38-21-10-14-39(35,36)15-11-21/h1-5,8-9,12-13,16,20-21H,6-7,10-11,14-15H2,(H,32,34). The Morgan fingerprint density at radius 2 is 1.74 bits per heavy atom. The van der Waals surface area contributed by atoms with Crippen molar-refractivity contribution in [1.29, 1.82) is 5.26 Å². The number of fused-ring (bicyclic) bond motifs is 1. The summed E-state index contributed by atoms with van der Waals surface area (Å²) in [6.07, 6.45) is 4.84. The van der Waals surface area contributed by atoms with Crippen LogP contribution in [0.3, 0.4) is 0 Å². The molecule has 11 heteroatoms. The maximum absolute atomic E-state index is 12.4. The van der Waals surface area contributed by atoms with E-state index in [1.165, 1.54) is 0 Å². The number of rotatable bonds is 6. The predicted octanol–water partition coefficient (Wildman–Crippen LogP) is 5.22. The zero-order valence-electron chi connectivity index (χ0n) is 20.9. The molecule has 1 aliphatic heterocycles. The number of anilines is 1. The molecule has 2 aromatic heterocycles. The number of hydrogen-bond donors (Lipinski definition) is 1. The first-order valence-corrected chi connectivity index (χ1v) is 14.5. The van der Waals surface area contributed by atoms with Crippen molar-refractivity contribution >= 4 is 32.5 Å². The highest BCUT2D eigenvalue weighted by molar-refractivity contribution is 7.91. The summed E-state index contributed by atoms with van der Waals surface area (Å²) in [6.45, 7) is 0. The highest BCUT2D eigenvalue weighted by atomic mass is 32.2. The third-order valence-electron chi connectivity index (χ3n) is 6.93. The van der Waals surface area contributed by atoms with E-state index < -0.39 is 22.0 Å². The van der Waals surface area contributed by atoms with Crippen molar-refractivity contribution in [2.45, 2.75) is 37.8 Å². The van der Waals surface area contributed by atoms with Crippen molar-refractivity contribution in [2.24, 2.45) is 0 Å². The molecule has 0 spiro atoms. The molecule has 198 valence electrons. The van der Waals surface area contributed by atoms with Crippen LogP contribution in [0.25, 0.3) is 22.2 Å². The van der Waals surface area contributed by atoms with E-state index in [9.17, 15) is 18.5 Å². The number of carbonyl (C=O) groups is 1. The summed E-state index contributed by atoms with van der Waals surface area (Å²) in [4.78, 5) is 20.6. The molecule has 0 bridgehead atoms. The van der Waals surface area contributed by atoms with Crippen LogP contribution in [-0.4, -0.2) is 46.7 Å². The van der Waals surface area contributed by atoms with E-state index in [1.54, 1.807) is 36.7 Å². The number of ether oxygens (including phenoxy) is 2. The van der Waals surface area contributed by atoms with E-state index in [1.807, 2.05) is 24.3 Å². The molecular weight excluding hydrogens is 518 g/mol. The molecule has 4 aromatic rings. The van der Waals surface area contributed by atoms with Gasteiger partial charge in [0.1, 0.15) is 17.9 Å². The SMILES string of the molecule is N#Cc1c(-c2ccc(NC(=O)OC3CCS(=O)(=O)CC3)cc2)n(C2CC2)c2cc(Oc3ncccn3)ccc12. The zero-order chi connectivity index (χ0) is 27.0. The molecule has 2 aliphatic rings. The van der Waals surface area contributed by atoms with Gasteiger partial charge in [-0.1, -0.05) is 12.1 Å². The van der Waals surface area contributed by atoms with Gasteiger partial charge in [-0.3, -0.25) is 5.32 Å². The fourth-order valence-corrected chi connectivity index (χ4v) is 6.35. The average Bonchev–Trinajstić information content (AvgIpc) is 3.72. The van der Waals surface area contributed by atoms with Crippen LogP contribution in [0.2, 0.25) is 0 Å². The Hall–Kier alpha value is -4.43. The van der Waals surface area contributed by atoms with E-state index in [0.29, 0.717) is 29.8 Å². The number of amides is 1. The maximum Gasteiger partial charge on any atom is 0.411 e. The molecule has 0 unspecified atom stereocenters. The van der Waals surface area contributed by atoms with E-state index in [-0.39, 0.29) is 23.6 Å². The molecule has 2 aromatic carbocycles. The fraction of sp³-hybridized carbons (Fsp3) is 0.286. The summed E-state index contributed by atoms with van der Waals surface area (Å²) in [5.74, 6) is 0.644. The molecule has 3 heterocycles. The quantitative estimate of drug-likeness (QED) is 0.349. The zero-order valence-corrected chi connectivity index (χ0v) is 21.7. The van der Waals surface area contributed by atoms with Gasteiger partial charge in [-0.05, 0) is 61.6 Å². The molecule has 1 N–H and O–H groups in total. The molecule has 39 heavy (non-hydrogen) atoms. The van der Waals surface area contributed by atoms with E-state index in [0.717, 1.165) is 35.0 Å². The first kappa shape index (κ1) is 24.9. The fourth-order valence-electron chi connectivity index (χ4n) is 4.90. The summed E-state index contributed by atoms with van der Waals surface area (Å²) in [5.41, 5.74) is 3.68. The third kappa shape index (κ3) is 5.28. The topological polar surface area (TPSA) is 136 Å². The minimum Gasteiger partial charge on any atom is -0.446 e. The van der Waals surface area contributed by atoms with Crippen molar-refractivity contribution in [3.8, 4) is 29.1 Å². The first-order chi connectivity index (χ1) is 18.9.